The van der Waals surface area contributed by atoms with Crippen molar-refractivity contribution in [2.24, 2.45) is 0 Å². The maximum absolute atomic E-state index is 11.9. The lowest BCUT2D eigenvalue weighted by molar-refractivity contribution is -0.116. The molecule has 0 bridgehead atoms. The van der Waals surface area contributed by atoms with Gasteiger partial charge in [0.05, 0.1) is 6.33 Å². The average molecular weight is 312 g/mol. The van der Waals surface area contributed by atoms with Gasteiger partial charge in [-0.25, -0.2) is 4.98 Å². The second-order valence-electron chi connectivity index (χ2n) is 4.20. The maximum Gasteiger partial charge on any atom is 0.253 e. The van der Waals surface area contributed by atoms with Crippen LogP contribution in [0.25, 0.3) is 0 Å². The van der Waals surface area contributed by atoms with Crippen LogP contribution in [0.5, 0.6) is 0 Å². The summed E-state index contributed by atoms with van der Waals surface area (Å²) in [7, 11) is 0. The van der Waals surface area contributed by atoms with Gasteiger partial charge in [-0.1, -0.05) is 23.2 Å². The van der Waals surface area contributed by atoms with E-state index in [9.17, 15) is 9.59 Å². The van der Waals surface area contributed by atoms with E-state index in [4.69, 9.17) is 23.2 Å². The SMILES string of the molecule is Cc1cc(=O)n(CC(=O)Nc2cc(Cl)cc(Cl)c2)cn1. The number of hydrogen-bond donors (Lipinski definition) is 1. The number of carbonyl (C=O) groups is 1. The van der Waals surface area contributed by atoms with Gasteiger partial charge >= 0.3 is 0 Å². The molecule has 0 aliphatic carbocycles. The van der Waals surface area contributed by atoms with Gasteiger partial charge < -0.3 is 5.32 Å². The van der Waals surface area contributed by atoms with E-state index in [-0.39, 0.29) is 18.0 Å². The molecule has 1 N–H and O–H groups in total. The van der Waals surface area contributed by atoms with Crippen LogP contribution in [-0.2, 0) is 11.3 Å². The van der Waals surface area contributed by atoms with Gasteiger partial charge in [-0.3, -0.25) is 14.2 Å². The molecule has 0 aliphatic heterocycles. The van der Waals surface area contributed by atoms with E-state index < -0.39 is 0 Å². The third kappa shape index (κ3) is 3.82. The standard InChI is InChI=1S/C13H11Cl2N3O2/c1-8-2-13(20)18(7-16-8)6-12(19)17-11-4-9(14)3-10(15)5-11/h2-5,7H,6H2,1H3,(H,17,19). The molecule has 2 aromatic rings. The van der Waals surface area contributed by atoms with E-state index in [1.165, 1.54) is 17.0 Å². The Balaban J connectivity index is 2.11. The van der Waals surface area contributed by atoms with Gasteiger partial charge in [0.1, 0.15) is 6.54 Å². The van der Waals surface area contributed by atoms with Crippen LogP contribution in [0.1, 0.15) is 5.69 Å². The fourth-order valence-electron chi connectivity index (χ4n) is 1.62. The van der Waals surface area contributed by atoms with Crippen LogP contribution in [0.15, 0.2) is 35.4 Å². The Morgan fingerprint density at radius 1 is 1.25 bits per heavy atom. The molecule has 0 spiro atoms. The van der Waals surface area contributed by atoms with Gasteiger partial charge in [0.25, 0.3) is 5.56 Å². The molecule has 0 aliphatic rings. The summed E-state index contributed by atoms with van der Waals surface area (Å²) >= 11 is 11.7. The lowest BCUT2D eigenvalue weighted by atomic mass is 10.3. The smallest absolute Gasteiger partial charge is 0.253 e. The van der Waals surface area contributed by atoms with Gasteiger partial charge in [-0.05, 0) is 25.1 Å². The molecule has 0 atom stereocenters. The third-order valence-corrected chi connectivity index (χ3v) is 2.91. The molecular formula is C13H11Cl2N3O2. The first-order valence-electron chi connectivity index (χ1n) is 5.73. The monoisotopic (exact) mass is 311 g/mol. The lowest BCUT2D eigenvalue weighted by Gasteiger charge is -2.08. The third-order valence-electron chi connectivity index (χ3n) is 2.48. The highest BCUT2D eigenvalue weighted by atomic mass is 35.5. The molecule has 5 nitrogen and oxygen atoms in total. The first-order valence-corrected chi connectivity index (χ1v) is 6.48. The number of rotatable bonds is 3. The van der Waals surface area contributed by atoms with Crippen LogP contribution >= 0.6 is 23.2 Å². The summed E-state index contributed by atoms with van der Waals surface area (Å²) < 4.78 is 1.22. The number of nitrogens with zero attached hydrogens (tertiary/aromatic N) is 2. The Labute approximate surface area is 125 Å². The van der Waals surface area contributed by atoms with Crippen molar-refractivity contribution in [3.8, 4) is 0 Å². The Morgan fingerprint density at radius 2 is 1.90 bits per heavy atom. The summed E-state index contributed by atoms with van der Waals surface area (Å²) in [5.74, 6) is -0.365. The van der Waals surface area contributed by atoms with E-state index in [1.807, 2.05) is 0 Å². The fraction of sp³-hybridized carbons (Fsp3) is 0.154. The Kier molecular flexibility index (Phi) is 4.42. The minimum absolute atomic E-state index is 0.129. The van der Waals surface area contributed by atoms with Crippen molar-refractivity contribution in [3.63, 3.8) is 0 Å². The van der Waals surface area contributed by atoms with Crippen molar-refractivity contribution in [1.29, 1.82) is 0 Å². The molecule has 0 saturated carbocycles. The van der Waals surface area contributed by atoms with Crippen LogP contribution in [0.3, 0.4) is 0 Å². The zero-order valence-corrected chi connectivity index (χ0v) is 12.1. The van der Waals surface area contributed by atoms with E-state index in [0.717, 1.165) is 0 Å². The number of carbonyl (C=O) groups excluding carboxylic acids is 1. The summed E-state index contributed by atoms with van der Waals surface area (Å²) in [5.41, 5.74) is 0.797. The normalized spacial score (nSPS) is 10.3. The summed E-state index contributed by atoms with van der Waals surface area (Å²) in [6.07, 6.45) is 1.34. The zero-order chi connectivity index (χ0) is 14.7. The van der Waals surface area contributed by atoms with Crippen molar-refractivity contribution in [2.45, 2.75) is 13.5 Å². The molecule has 1 amide bonds. The van der Waals surface area contributed by atoms with Crippen molar-refractivity contribution < 1.29 is 4.79 Å². The topological polar surface area (TPSA) is 64.0 Å². The zero-order valence-electron chi connectivity index (χ0n) is 10.6. The van der Waals surface area contributed by atoms with Crippen LogP contribution in [-0.4, -0.2) is 15.5 Å². The highest BCUT2D eigenvalue weighted by molar-refractivity contribution is 6.35. The number of anilines is 1. The van der Waals surface area contributed by atoms with E-state index in [1.54, 1.807) is 25.1 Å². The van der Waals surface area contributed by atoms with Crippen molar-refractivity contribution >= 4 is 34.8 Å². The van der Waals surface area contributed by atoms with E-state index in [0.29, 0.717) is 21.4 Å². The quantitative estimate of drug-likeness (QED) is 0.947. The fourth-order valence-corrected chi connectivity index (χ4v) is 2.14. The highest BCUT2D eigenvalue weighted by Crippen LogP contribution is 2.22. The van der Waals surface area contributed by atoms with Gasteiger partial charge in [0, 0.05) is 27.5 Å². The lowest BCUT2D eigenvalue weighted by Crippen LogP contribution is -2.27. The van der Waals surface area contributed by atoms with Crippen molar-refractivity contribution in [1.82, 2.24) is 9.55 Å². The molecule has 2 rings (SSSR count). The summed E-state index contributed by atoms with van der Waals surface area (Å²) in [6, 6.07) is 6.07. The molecule has 1 aromatic heterocycles. The molecule has 20 heavy (non-hydrogen) atoms. The van der Waals surface area contributed by atoms with E-state index >= 15 is 0 Å². The van der Waals surface area contributed by atoms with Crippen molar-refractivity contribution in [3.05, 3.63) is 56.7 Å². The average Bonchev–Trinajstić information content (AvgIpc) is 2.31. The van der Waals surface area contributed by atoms with Gasteiger partial charge in [0.2, 0.25) is 5.91 Å². The van der Waals surface area contributed by atoms with E-state index in [2.05, 4.69) is 10.3 Å². The number of aryl methyl sites for hydroxylation is 1. The summed E-state index contributed by atoms with van der Waals surface area (Å²) in [5, 5.41) is 3.46. The molecule has 1 aromatic carbocycles. The molecule has 104 valence electrons. The van der Waals surface area contributed by atoms with Crippen LogP contribution < -0.4 is 10.9 Å². The first kappa shape index (κ1) is 14.6. The molecule has 7 heteroatoms. The molecule has 0 saturated heterocycles. The number of hydrogen-bond acceptors (Lipinski definition) is 3. The molecule has 1 heterocycles. The predicted molar refractivity (Wildman–Crippen MR) is 78.3 cm³/mol. The predicted octanol–water partition coefficient (Wildman–Crippen LogP) is 2.50. The number of aromatic nitrogens is 2. The molecule has 0 unspecified atom stereocenters. The van der Waals surface area contributed by atoms with Gasteiger partial charge in [-0.2, -0.15) is 0 Å². The number of nitrogens with one attached hydrogen (secondary N) is 1. The minimum atomic E-state index is -0.365. The maximum atomic E-state index is 11.9. The summed E-state index contributed by atoms with van der Waals surface area (Å²) in [6.45, 7) is 1.58. The van der Waals surface area contributed by atoms with Crippen LogP contribution in [0.2, 0.25) is 10.0 Å². The second-order valence-corrected chi connectivity index (χ2v) is 5.08. The van der Waals surface area contributed by atoms with Gasteiger partial charge in [-0.15, -0.1) is 0 Å². The number of halogens is 2. The minimum Gasteiger partial charge on any atom is -0.324 e. The van der Waals surface area contributed by atoms with Crippen molar-refractivity contribution in [2.75, 3.05) is 5.32 Å². The number of benzene rings is 1. The Hall–Kier alpha value is -1.85. The largest absolute Gasteiger partial charge is 0.324 e. The Morgan fingerprint density at radius 3 is 2.50 bits per heavy atom. The highest BCUT2D eigenvalue weighted by Gasteiger charge is 2.07. The molecule has 0 radical (unpaired) electrons. The van der Waals surface area contributed by atoms with Crippen LogP contribution in [0, 0.1) is 6.92 Å². The summed E-state index contributed by atoms with van der Waals surface area (Å²) in [4.78, 5) is 27.5. The second kappa shape index (κ2) is 6.07. The number of amides is 1. The van der Waals surface area contributed by atoms with Gasteiger partial charge in [0.15, 0.2) is 0 Å². The Bertz CT molecular complexity index is 693. The molecular weight excluding hydrogens is 301 g/mol. The first-order chi connectivity index (χ1) is 9.44. The molecule has 0 fully saturated rings. The van der Waals surface area contributed by atoms with Crippen LogP contribution in [0.4, 0.5) is 5.69 Å².